The van der Waals surface area contributed by atoms with Crippen LogP contribution in [0.2, 0.25) is 0 Å². The van der Waals surface area contributed by atoms with Crippen molar-refractivity contribution in [2.24, 2.45) is 0 Å². The Morgan fingerprint density at radius 2 is 2.05 bits per heavy atom. The molecule has 5 heteroatoms. The maximum atomic E-state index is 4.45. The zero-order chi connectivity index (χ0) is 14.1. The molecule has 3 aromatic rings. The average Bonchev–Trinajstić information content (AvgIpc) is 2.87. The lowest BCUT2D eigenvalue weighted by atomic mass is 10.1. The molecule has 0 spiro atoms. The summed E-state index contributed by atoms with van der Waals surface area (Å²) in [7, 11) is 0. The highest BCUT2D eigenvalue weighted by Gasteiger charge is 2.06. The third-order valence-electron chi connectivity index (χ3n) is 3.20. The molecule has 3 aromatic heterocycles. The Labute approximate surface area is 117 Å². The number of imidazole rings is 1. The molecule has 3 rings (SSSR count). The zero-order valence-electron chi connectivity index (χ0n) is 11.8. The molecule has 0 aromatic carbocycles. The van der Waals surface area contributed by atoms with Crippen LogP contribution in [0.3, 0.4) is 0 Å². The monoisotopic (exact) mass is 267 g/mol. The average molecular weight is 267 g/mol. The number of fused-ring (bicyclic) bond motifs is 1. The van der Waals surface area contributed by atoms with Gasteiger partial charge in [-0.3, -0.25) is 0 Å². The molecule has 0 bridgehead atoms. The second-order valence-electron chi connectivity index (χ2n) is 5.15. The minimum atomic E-state index is 0.485. The van der Waals surface area contributed by atoms with Gasteiger partial charge in [-0.1, -0.05) is 19.9 Å². The predicted octanol–water partition coefficient (Wildman–Crippen LogP) is 3.30. The topological polar surface area (TPSA) is 55.1 Å². The standard InChI is InChI=1S/C15H17N5/c1-10(2)12-4-5-14(17-9-12)18-13-8-11(3)19-20-7-6-16-15(13)20/h4-10H,1-3H3,(H,17,18). The van der Waals surface area contributed by atoms with Crippen LogP contribution in [0.15, 0.2) is 36.8 Å². The number of anilines is 2. The molecule has 20 heavy (non-hydrogen) atoms. The lowest BCUT2D eigenvalue weighted by Gasteiger charge is -2.09. The highest BCUT2D eigenvalue weighted by Crippen LogP contribution is 2.21. The summed E-state index contributed by atoms with van der Waals surface area (Å²) < 4.78 is 1.76. The van der Waals surface area contributed by atoms with Crippen LogP contribution in [0.25, 0.3) is 5.65 Å². The first-order valence-electron chi connectivity index (χ1n) is 6.67. The van der Waals surface area contributed by atoms with Gasteiger partial charge in [0.25, 0.3) is 0 Å². The Kier molecular flexibility index (Phi) is 3.10. The Balaban J connectivity index is 1.94. The third kappa shape index (κ3) is 2.34. The van der Waals surface area contributed by atoms with Crippen LogP contribution in [0.4, 0.5) is 11.5 Å². The molecule has 0 amide bonds. The van der Waals surface area contributed by atoms with Crippen molar-refractivity contribution in [2.45, 2.75) is 26.7 Å². The highest BCUT2D eigenvalue weighted by atomic mass is 15.3. The molecule has 1 N–H and O–H groups in total. The van der Waals surface area contributed by atoms with Crippen molar-refractivity contribution in [3.05, 3.63) is 48.0 Å². The van der Waals surface area contributed by atoms with E-state index < -0.39 is 0 Å². The molecule has 0 unspecified atom stereocenters. The van der Waals surface area contributed by atoms with E-state index in [4.69, 9.17) is 0 Å². The van der Waals surface area contributed by atoms with Crippen LogP contribution in [0.5, 0.6) is 0 Å². The van der Waals surface area contributed by atoms with Gasteiger partial charge < -0.3 is 5.32 Å². The predicted molar refractivity (Wildman–Crippen MR) is 79.3 cm³/mol. The Morgan fingerprint density at radius 3 is 2.75 bits per heavy atom. The summed E-state index contributed by atoms with van der Waals surface area (Å²) in [5, 5.41) is 7.67. The van der Waals surface area contributed by atoms with Gasteiger partial charge in [-0.25, -0.2) is 14.5 Å². The smallest absolute Gasteiger partial charge is 0.177 e. The van der Waals surface area contributed by atoms with Crippen LogP contribution in [-0.2, 0) is 0 Å². The minimum absolute atomic E-state index is 0.485. The number of aromatic nitrogens is 4. The van der Waals surface area contributed by atoms with Gasteiger partial charge in [0.05, 0.1) is 11.4 Å². The van der Waals surface area contributed by atoms with Crippen LogP contribution < -0.4 is 5.32 Å². The number of hydrogen-bond acceptors (Lipinski definition) is 4. The van der Waals surface area contributed by atoms with Crippen molar-refractivity contribution in [3.8, 4) is 0 Å². The van der Waals surface area contributed by atoms with E-state index in [2.05, 4.69) is 40.3 Å². The van der Waals surface area contributed by atoms with E-state index in [1.165, 1.54) is 5.56 Å². The Bertz CT molecular complexity index is 728. The fourth-order valence-corrected chi connectivity index (χ4v) is 2.09. The molecular weight excluding hydrogens is 250 g/mol. The van der Waals surface area contributed by atoms with Crippen molar-refractivity contribution in [1.82, 2.24) is 19.6 Å². The normalized spacial score (nSPS) is 11.2. The molecule has 0 atom stereocenters. The molecule has 0 saturated carbocycles. The van der Waals surface area contributed by atoms with Gasteiger partial charge in [0.2, 0.25) is 0 Å². The number of pyridine rings is 1. The molecule has 0 fully saturated rings. The second kappa shape index (κ2) is 4.92. The summed E-state index contributed by atoms with van der Waals surface area (Å²) in [4.78, 5) is 8.76. The van der Waals surface area contributed by atoms with Gasteiger partial charge >= 0.3 is 0 Å². The largest absolute Gasteiger partial charge is 0.337 e. The van der Waals surface area contributed by atoms with Crippen molar-refractivity contribution in [1.29, 1.82) is 0 Å². The van der Waals surface area contributed by atoms with E-state index in [0.717, 1.165) is 22.8 Å². The molecule has 0 saturated heterocycles. The van der Waals surface area contributed by atoms with Gasteiger partial charge in [0.15, 0.2) is 5.65 Å². The summed E-state index contributed by atoms with van der Waals surface area (Å²) in [6.07, 6.45) is 5.48. The van der Waals surface area contributed by atoms with Crippen molar-refractivity contribution >= 4 is 17.2 Å². The molecular formula is C15H17N5. The van der Waals surface area contributed by atoms with E-state index in [1.807, 2.05) is 31.5 Å². The lowest BCUT2D eigenvalue weighted by molar-refractivity contribution is 0.859. The van der Waals surface area contributed by atoms with Crippen LogP contribution in [-0.4, -0.2) is 19.6 Å². The van der Waals surface area contributed by atoms with Crippen LogP contribution in [0, 0.1) is 6.92 Å². The first kappa shape index (κ1) is 12.6. The van der Waals surface area contributed by atoms with Crippen molar-refractivity contribution in [3.63, 3.8) is 0 Å². The number of aryl methyl sites for hydroxylation is 1. The summed E-state index contributed by atoms with van der Waals surface area (Å²) in [6.45, 7) is 6.27. The number of hydrogen-bond donors (Lipinski definition) is 1. The first-order valence-corrected chi connectivity index (χ1v) is 6.67. The number of rotatable bonds is 3. The third-order valence-corrected chi connectivity index (χ3v) is 3.20. The minimum Gasteiger partial charge on any atom is -0.337 e. The van der Waals surface area contributed by atoms with E-state index >= 15 is 0 Å². The highest BCUT2D eigenvalue weighted by molar-refractivity contribution is 5.72. The second-order valence-corrected chi connectivity index (χ2v) is 5.15. The van der Waals surface area contributed by atoms with Gasteiger partial charge in [-0.05, 0) is 30.5 Å². The number of nitrogens with one attached hydrogen (secondary N) is 1. The lowest BCUT2D eigenvalue weighted by Crippen LogP contribution is -2.01. The maximum absolute atomic E-state index is 4.45. The Hall–Kier alpha value is -2.43. The van der Waals surface area contributed by atoms with Crippen LogP contribution in [0.1, 0.15) is 31.0 Å². The zero-order valence-corrected chi connectivity index (χ0v) is 11.8. The van der Waals surface area contributed by atoms with E-state index in [1.54, 1.807) is 10.7 Å². The van der Waals surface area contributed by atoms with Crippen molar-refractivity contribution in [2.75, 3.05) is 5.32 Å². The van der Waals surface area contributed by atoms with Crippen molar-refractivity contribution < 1.29 is 0 Å². The van der Waals surface area contributed by atoms with E-state index in [9.17, 15) is 0 Å². The molecule has 5 nitrogen and oxygen atoms in total. The maximum Gasteiger partial charge on any atom is 0.177 e. The summed E-state index contributed by atoms with van der Waals surface area (Å²) in [5.41, 5.74) is 3.86. The van der Waals surface area contributed by atoms with Gasteiger partial charge in [0.1, 0.15) is 5.82 Å². The SMILES string of the molecule is Cc1cc(Nc2ccc(C(C)C)cn2)c2nccn2n1. The number of nitrogens with zero attached hydrogens (tertiary/aromatic N) is 4. The van der Waals surface area contributed by atoms with Crippen LogP contribution >= 0.6 is 0 Å². The fraction of sp³-hybridized carbons (Fsp3) is 0.267. The molecule has 0 aliphatic heterocycles. The van der Waals surface area contributed by atoms with E-state index in [0.29, 0.717) is 5.92 Å². The Morgan fingerprint density at radius 1 is 1.20 bits per heavy atom. The fourth-order valence-electron chi connectivity index (χ4n) is 2.09. The molecule has 0 aliphatic carbocycles. The first-order chi connectivity index (χ1) is 9.63. The van der Waals surface area contributed by atoms with Gasteiger partial charge in [-0.2, -0.15) is 5.10 Å². The molecule has 102 valence electrons. The van der Waals surface area contributed by atoms with Gasteiger partial charge in [-0.15, -0.1) is 0 Å². The quantitative estimate of drug-likeness (QED) is 0.791. The summed E-state index contributed by atoms with van der Waals surface area (Å²) in [6, 6.07) is 6.06. The molecule has 3 heterocycles. The molecule has 0 aliphatic rings. The summed E-state index contributed by atoms with van der Waals surface area (Å²) in [5.74, 6) is 1.30. The van der Waals surface area contributed by atoms with Gasteiger partial charge in [0, 0.05) is 18.6 Å². The van der Waals surface area contributed by atoms with E-state index in [-0.39, 0.29) is 0 Å². The molecule has 0 radical (unpaired) electrons. The summed E-state index contributed by atoms with van der Waals surface area (Å²) >= 11 is 0.